The SMILES string of the molecule is Cc1ccc2ccc(S(=O)(=O)N[C@@H](CCCN=C(N)N)C(=O)N3CCC(C(C)C)CC3C(=O)O)cc2c1. The lowest BCUT2D eigenvalue weighted by molar-refractivity contribution is -0.154. The second-order valence-corrected chi connectivity index (χ2v) is 11.8. The fraction of sp³-hybridized carbons (Fsp3) is 0.500. The number of rotatable bonds is 10. The first kappa shape index (κ1) is 28.4. The molecule has 11 heteroatoms. The molecule has 1 fully saturated rings. The molecule has 2 aromatic rings. The van der Waals surface area contributed by atoms with Crippen molar-refractivity contribution < 1.29 is 23.1 Å². The number of guanidine groups is 1. The first-order valence-corrected chi connectivity index (χ1v) is 14.0. The van der Waals surface area contributed by atoms with Crippen LogP contribution >= 0.6 is 0 Å². The van der Waals surface area contributed by atoms with Gasteiger partial charge in [-0.2, -0.15) is 4.72 Å². The molecule has 2 aromatic carbocycles. The number of hydrogen-bond donors (Lipinski definition) is 4. The molecule has 10 nitrogen and oxygen atoms in total. The van der Waals surface area contributed by atoms with Gasteiger partial charge in [-0.15, -0.1) is 0 Å². The molecule has 3 rings (SSSR count). The number of aliphatic imine (C=N–C) groups is 1. The molecule has 3 atom stereocenters. The van der Waals surface area contributed by atoms with Gasteiger partial charge in [0, 0.05) is 13.1 Å². The smallest absolute Gasteiger partial charge is 0.326 e. The van der Waals surface area contributed by atoms with Crippen molar-refractivity contribution >= 4 is 38.6 Å². The number of nitrogens with one attached hydrogen (secondary N) is 1. The lowest BCUT2D eigenvalue weighted by Crippen LogP contribution is -2.57. The number of sulfonamides is 1. The van der Waals surface area contributed by atoms with Crippen LogP contribution in [0.4, 0.5) is 0 Å². The van der Waals surface area contributed by atoms with E-state index in [9.17, 15) is 23.1 Å². The Labute approximate surface area is 218 Å². The van der Waals surface area contributed by atoms with Crippen LogP contribution in [0.5, 0.6) is 0 Å². The van der Waals surface area contributed by atoms with Crippen LogP contribution in [0.2, 0.25) is 0 Å². The third-order valence-electron chi connectivity index (χ3n) is 6.97. The summed E-state index contributed by atoms with van der Waals surface area (Å²) in [6.45, 7) is 6.45. The third kappa shape index (κ3) is 7.20. The Bertz CT molecular complexity index is 1270. The van der Waals surface area contributed by atoms with Gasteiger partial charge in [-0.25, -0.2) is 13.2 Å². The summed E-state index contributed by atoms with van der Waals surface area (Å²) in [5.41, 5.74) is 11.8. The topological polar surface area (TPSA) is 168 Å². The molecule has 0 radical (unpaired) electrons. The van der Waals surface area contributed by atoms with E-state index in [0.29, 0.717) is 19.3 Å². The second kappa shape index (κ2) is 11.9. The number of fused-ring (bicyclic) bond motifs is 1. The molecule has 2 unspecified atom stereocenters. The number of amides is 1. The third-order valence-corrected chi connectivity index (χ3v) is 8.44. The van der Waals surface area contributed by atoms with Crippen molar-refractivity contribution in [3.05, 3.63) is 42.0 Å². The molecule has 6 N–H and O–H groups in total. The number of benzene rings is 2. The molecule has 0 saturated carbocycles. The van der Waals surface area contributed by atoms with Gasteiger partial charge in [0.1, 0.15) is 12.1 Å². The zero-order valence-corrected chi connectivity index (χ0v) is 22.4. The lowest BCUT2D eigenvalue weighted by atomic mass is 9.82. The number of likely N-dealkylation sites (tertiary alicyclic amines) is 1. The summed E-state index contributed by atoms with van der Waals surface area (Å²) in [7, 11) is -4.09. The molecule has 1 amide bonds. The Morgan fingerprint density at radius 1 is 1.16 bits per heavy atom. The Morgan fingerprint density at radius 3 is 2.51 bits per heavy atom. The van der Waals surface area contributed by atoms with E-state index in [1.165, 1.54) is 11.0 Å². The van der Waals surface area contributed by atoms with Crippen molar-refractivity contribution in [1.29, 1.82) is 0 Å². The van der Waals surface area contributed by atoms with Gasteiger partial charge in [0.25, 0.3) is 0 Å². The van der Waals surface area contributed by atoms with Gasteiger partial charge in [-0.05, 0) is 67.3 Å². The van der Waals surface area contributed by atoms with Crippen LogP contribution < -0.4 is 16.2 Å². The summed E-state index contributed by atoms with van der Waals surface area (Å²) in [5, 5.41) is 11.5. The number of hydrogen-bond acceptors (Lipinski definition) is 5. The van der Waals surface area contributed by atoms with Crippen molar-refractivity contribution in [3.63, 3.8) is 0 Å². The van der Waals surface area contributed by atoms with Gasteiger partial charge in [-0.1, -0.05) is 43.7 Å². The molecule has 202 valence electrons. The molecule has 0 bridgehead atoms. The van der Waals surface area contributed by atoms with E-state index in [-0.39, 0.29) is 42.2 Å². The van der Waals surface area contributed by atoms with Crippen LogP contribution in [0.15, 0.2) is 46.3 Å². The molecule has 1 saturated heterocycles. The summed E-state index contributed by atoms with van der Waals surface area (Å²) in [5.74, 6) is -1.30. The number of carboxylic acids is 1. The largest absolute Gasteiger partial charge is 0.480 e. The minimum Gasteiger partial charge on any atom is -0.480 e. The first-order chi connectivity index (χ1) is 17.4. The van der Waals surface area contributed by atoms with E-state index >= 15 is 0 Å². The van der Waals surface area contributed by atoms with Gasteiger partial charge in [-0.3, -0.25) is 9.79 Å². The van der Waals surface area contributed by atoms with Crippen LogP contribution in [0.3, 0.4) is 0 Å². The van der Waals surface area contributed by atoms with Crippen LogP contribution in [-0.4, -0.2) is 61.4 Å². The van der Waals surface area contributed by atoms with E-state index < -0.39 is 34.0 Å². The molecule has 0 aromatic heterocycles. The maximum Gasteiger partial charge on any atom is 0.326 e. The number of piperidine rings is 1. The van der Waals surface area contributed by atoms with Gasteiger partial charge in [0.2, 0.25) is 15.9 Å². The molecular weight excluding hydrogens is 494 g/mol. The highest BCUT2D eigenvalue weighted by Gasteiger charge is 2.40. The summed E-state index contributed by atoms with van der Waals surface area (Å²) in [4.78, 5) is 31.0. The maximum atomic E-state index is 13.6. The Kier molecular flexibility index (Phi) is 9.14. The van der Waals surface area contributed by atoms with Crippen LogP contribution in [0.25, 0.3) is 10.8 Å². The molecule has 1 aliphatic heterocycles. The average molecular weight is 532 g/mol. The molecule has 37 heavy (non-hydrogen) atoms. The van der Waals surface area contributed by atoms with E-state index in [4.69, 9.17) is 11.5 Å². The Morgan fingerprint density at radius 2 is 1.86 bits per heavy atom. The molecule has 1 heterocycles. The monoisotopic (exact) mass is 531 g/mol. The van der Waals surface area contributed by atoms with Crippen molar-refractivity contribution in [2.45, 2.75) is 63.4 Å². The van der Waals surface area contributed by atoms with Crippen LogP contribution in [0.1, 0.15) is 45.1 Å². The number of carbonyl (C=O) groups excluding carboxylic acids is 1. The molecule has 0 spiro atoms. The predicted octanol–water partition coefficient (Wildman–Crippen LogP) is 2.20. The molecule has 1 aliphatic rings. The standard InChI is InChI=1S/C26H37N5O5S/c1-16(2)19-10-12-31(23(15-19)25(33)34)24(32)22(5-4-11-29-26(27)28)30-37(35,36)21-9-8-18-7-6-17(3)13-20(18)14-21/h6-9,13-14,16,19,22-23,30H,4-5,10-12,15H2,1-3H3,(H,33,34)(H4,27,28,29)/t19?,22-,23?/m0/s1. The van der Waals surface area contributed by atoms with Gasteiger partial charge in [0.05, 0.1) is 4.90 Å². The first-order valence-electron chi connectivity index (χ1n) is 12.5. The lowest BCUT2D eigenvalue weighted by Gasteiger charge is -2.40. The highest BCUT2D eigenvalue weighted by atomic mass is 32.2. The number of nitrogens with zero attached hydrogens (tertiary/aromatic N) is 2. The van der Waals surface area contributed by atoms with Crippen molar-refractivity contribution in [3.8, 4) is 0 Å². The molecular formula is C26H37N5O5S. The Balaban J connectivity index is 1.89. The number of aliphatic carboxylic acids is 1. The average Bonchev–Trinajstić information content (AvgIpc) is 2.84. The van der Waals surface area contributed by atoms with Gasteiger partial charge < -0.3 is 21.5 Å². The Hall–Kier alpha value is -3.18. The number of carbonyl (C=O) groups is 2. The summed E-state index contributed by atoms with van der Waals surface area (Å²) < 4.78 is 29.3. The van der Waals surface area contributed by atoms with Crippen LogP contribution in [-0.2, 0) is 19.6 Å². The van der Waals surface area contributed by atoms with Crippen molar-refractivity contribution in [2.75, 3.05) is 13.1 Å². The highest BCUT2D eigenvalue weighted by molar-refractivity contribution is 7.89. The number of aryl methyl sites for hydroxylation is 1. The zero-order valence-electron chi connectivity index (χ0n) is 21.6. The second-order valence-electron chi connectivity index (χ2n) is 10.0. The summed E-state index contributed by atoms with van der Waals surface area (Å²) in [6, 6.07) is 8.36. The van der Waals surface area contributed by atoms with Gasteiger partial charge in [0.15, 0.2) is 5.96 Å². The minimum atomic E-state index is -4.09. The fourth-order valence-electron chi connectivity index (χ4n) is 4.80. The fourth-order valence-corrected chi connectivity index (χ4v) is 6.06. The van der Waals surface area contributed by atoms with E-state index in [1.807, 2.05) is 39.0 Å². The summed E-state index contributed by atoms with van der Waals surface area (Å²) in [6.07, 6.45) is 1.42. The molecule has 0 aliphatic carbocycles. The van der Waals surface area contributed by atoms with Crippen LogP contribution in [0, 0.1) is 18.8 Å². The van der Waals surface area contributed by atoms with Crippen molar-refractivity contribution in [1.82, 2.24) is 9.62 Å². The number of carboxylic acid groups (broad SMARTS) is 1. The van der Waals surface area contributed by atoms with Crippen molar-refractivity contribution in [2.24, 2.45) is 28.3 Å². The van der Waals surface area contributed by atoms with Gasteiger partial charge >= 0.3 is 5.97 Å². The zero-order chi connectivity index (χ0) is 27.3. The highest BCUT2D eigenvalue weighted by Crippen LogP contribution is 2.30. The quantitative estimate of drug-likeness (QED) is 0.207. The number of nitrogens with two attached hydrogens (primary N) is 2. The summed E-state index contributed by atoms with van der Waals surface area (Å²) >= 11 is 0. The van der Waals surface area contributed by atoms with E-state index in [2.05, 4.69) is 9.71 Å². The normalized spacial score (nSPS) is 19.1. The van der Waals surface area contributed by atoms with E-state index in [1.54, 1.807) is 12.1 Å². The predicted molar refractivity (Wildman–Crippen MR) is 143 cm³/mol. The maximum absolute atomic E-state index is 13.6. The minimum absolute atomic E-state index is 0.0286. The van der Waals surface area contributed by atoms with E-state index in [0.717, 1.165) is 16.3 Å².